The molecule has 20 heavy (non-hydrogen) atoms. The fourth-order valence-corrected chi connectivity index (χ4v) is 2.49. The van der Waals surface area contributed by atoms with Gasteiger partial charge in [0.15, 0.2) is 0 Å². The monoisotopic (exact) mass is 269 g/mol. The van der Waals surface area contributed by atoms with E-state index in [1.54, 1.807) is 0 Å². The zero-order chi connectivity index (χ0) is 14.5. The van der Waals surface area contributed by atoms with Gasteiger partial charge in [-0.15, -0.1) is 0 Å². The van der Waals surface area contributed by atoms with Crippen molar-refractivity contribution in [3.63, 3.8) is 0 Å². The first-order valence-electron chi connectivity index (χ1n) is 7.08. The average molecular weight is 269 g/mol. The van der Waals surface area contributed by atoms with E-state index in [-0.39, 0.29) is 0 Å². The van der Waals surface area contributed by atoms with Crippen LogP contribution >= 0.6 is 0 Å². The molecule has 0 heterocycles. The summed E-state index contributed by atoms with van der Waals surface area (Å²) in [7, 11) is 2.14. The molecular formula is C18H23NO. The quantitative estimate of drug-likeness (QED) is 0.895. The molecule has 2 aromatic carbocycles. The number of benzene rings is 2. The molecule has 0 unspecified atom stereocenters. The van der Waals surface area contributed by atoms with Crippen molar-refractivity contribution < 1.29 is 5.11 Å². The number of rotatable bonds is 5. The molecular weight excluding hydrogens is 246 g/mol. The van der Waals surface area contributed by atoms with Crippen LogP contribution in [0.25, 0.3) is 0 Å². The lowest BCUT2D eigenvalue weighted by Crippen LogP contribution is -2.20. The molecule has 0 radical (unpaired) electrons. The molecule has 0 saturated carbocycles. The topological polar surface area (TPSA) is 23.5 Å². The van der Waals surface area contributed by atoms with Gasteiger partial charge in [-0.1, -0.05) is 42.5 Å². The van der Waals surface area contributed by atoms with E-state index in [1.807, 2.05) is 13.8 Å². The standard InChI is InChI=1S/C18H23NO/c1-14-11-17(12-15(2)18(14)20)13-19(3)10-9-16-7-5-4-6-8-16/h4-8,11-12,20H,9-10,13H2,1-3H3. The minimum Gasteiger partial charge on any atom is -0.507 e. The maximum Gasteiger partial charge on any atom is 0.121 e. The molecule has 0 aliphatic rings. The van der Waals surface area contributed by atoms with Crippen molar-refractivity contribution >= 4 is 0 Å². The molecule has 1 N–H and O–H groups in total. The largest absolute Gasteiger partial charge is 0.507 e. The van der Waals surface area contributed by atoms with Gasteiger partial charge in [0, 0.05) is 13.1 Å². The van der Waals surface area contributed by atoms with Gasteiger partial charge in [0.1, 0.15) is 5.75 Å². The molecule has 2 rings (SSSR count). The Morgan fingerprint density at radius 1 is 0.950 bits per heavy atom. The zero-order valence-electron chi connectivity index (χ0n) is 12.6. The molecule has 0 aromatic heterocycles. The normalized spacial score (nSPS) is 11.0. The van der Waals surface area contributed by atoms with Crippen molar-refractivity contribution in [3.8, 4) is 5.75 Å². The number of phenols is 1. The van der Waals surface area contributed by atoms with Crippen molar-refractivity contribution in [1.82, 2.24) is 4.90 Å². The minimum atomic E-state index is 0.417. The predicted octanol–water partition coefficient (Wildman–Crippen LogP) is 3.68. The summed E-state index contributed by atoms with van der Waals surface area (Å²) in [5, 5.41) is 9.80. The molecule has 0 amide bonds. The molecule has 0 bridgehead atoms. The summed E-state index contributed by atoms with van der Waals surface area (Å²) in [5.41, 5.74) is 4.54. The Hall–Kier alpha value is -1.80. The summed E-state index contributed by atoms with van der Waals surface area (Å²) in [4.78, 5) is 2.32. The number of nitrogens with zero attached hydrogens (tertiary/aromatic N) is 1. The van der Waals surface area contributed by atoms with E-state index in [1.165, 1.54) is 11.1 Å². The van der Waals surface area contributed by atoms with Crippen LogP contribution in [0.15, 0.2) is 42.5 Å². The summed E-state index contributed by atoms with van der Waals surface area (Å²) < 4.78 is 0. The summed E-state index contributed by atoms with van der Waals surface area (Å²) >= 11 is 0. The predicted molar refractivity (Wildman–Crippen MR) is 84.1 cm³/mol. The van der Waals surface area contributed by atoms with E-state index in [9.17, 15) is 5.11 Å². The molecule has 0 aliphatic heterocycles. The van der Waals surface area contributed by atoms with E-state index in [2.05, 4.69) is 54.4 Å². The van der Waals surface area contributed by atoms with Gasteiger partial charge in [-0.05, 0) is 49.6 Å². The van der Waals surface area contributed by atoms with Gasteiger partial charge in [0.05, 0.1) is 0 Å². The lowest BCUT2D eigenvalue weighted by atomic mass is 10.1. The Bertz CT molecular complexity index is 540. The van der Waals surface area contributed by atoms with Gasteiger partial charge in [-0.2, -0.15) is 0 Å². The Kier molecular flexibility index (Phi) is 4.80. The molecule has 0 fully saturated rings. The average Bonchev–Trinajstić information content (AvgIpc) is 2.43. The molecule has 0 aliphatic carbocycles. The summed E-state index contributed by atoms with van der Waals surface area (Å²) in [5.74, 6) is 0.417. The van der Waals surface area contributed by atoms with E-state index < -0.39 is 0 Å². The number of hydrogen-bond acceptors (Lipinski definition) is 2. The van der Waals surface area contributed by atoms with Gasteiger partial charge in [-0.3, -0.25) is 0 Å². The third-order valence-corrected chi connectivity index (χ3v) is 3.63. The van der Waals surface area contributed by atoms with Crippen LogP contribution in [0.4, 0.5) is 0 Å². The highest BCUT2D eigenvalue weighted by atomic mass is 16.3. The summed E-state index contributed by atoms with van der Waals surface area (Å²) in [6, 6.07) is 14.7. The van der Waals surface area contributed by atoms with Crippen LogP contribution < -0.4 is 0 Å². The summed E-state index contributed by atoms with van der Waals surface area (Å²) in [6.07, 6.45) is 1.06. The first-order valence-corrected chi connectivity index (χ1v) is 7.08. The van der Waals surface area contributed by atoms with Gasteiger partial charge in [0.2, 0.25) is 0 Å². The molecule has 0 spiro atoms. The SMILES string of the molecule is Cc1cc(CN(C)CCc2ccccc2)cc(C)c1O. The maximum atomic E-state index is 9.80. The van der Waals surface area contributed by atoms with Gasteiger partial charge in [0.25, 0.3) is 0 Å². The number of phenolic OH excluding ortho intramolecular Hbond substituents is 1. The van der Waals surface area contributed by atoms with Crippen LogP contribution in [0, 0.1) is 13.8 Å². The molecule has 0 saturated heterocycles. The lowest BCUT2D eigenvalue weighted by molar-refractivity contribution is 0.331. The van der Waals surface area contributed by atoms with Crippen molar-refractivity contribution in [2.45, 2.75) is 26.8 Å². The number of aryl methyl sites for hydroxylation is 2. The first kappa shape index (κ1) is 14.6. The maximum absolute atomic E-state index is 9.80. The van der Waals surface area contributed by atoms with Crippen molar-refractivity contribution in [3.05, 3.63) is 64.7 Å². The van der Waals surface area contributed by atoms with Crippen LogP contribution in [0.2, 0.25) is 0 Å². The number of likely N-dealkylation sites (N-methyl/N-ethyl adjacent to an activating group) is 1. The van der Waals surface area contributed by atoms with Crippen LogP contribution in [-0.2, 0) is 13.0 Å². The molecule has 0 atom stereocenters. The Balaban J connectivity index is 1.93. The van der Waals surface area contributed by atoms with Crippen LogP contribution in [-0.4, -0.2) is 23.6 Å². The van der Waals surface area contributed by atoms with Gasteiger partial charge < -0.3 is 10.0 Å². The zero-order valence-corrected chi connectivity index (χ0v) is 12.6. The third-order valence-electron chi connectivity index (χ3n) is 3.63. The smallest absolute Gasteiger partial charge is 0.121 e. The van der Waals surface area contributed by atoms with E-state index in [0.717, 1.165) is 30.6 Å². The summed E-state index contributed by atoms with van der Waals surface area (Å²) in [6.45, 7) is 5.85. The number of aromatic hydroxyl groups is 1. The molecule has 2 aromatic rings. The first-order chi connectivity index (χ1) is 9.56. The van der Waals surface area contributed by atoms with Crippen molar-refractivity contribution in [2.75, 3.05) is 13.6 Å². The number of hydrogen-bond donors (Lipinski definition) is 1. The lowest BCUT2D eigenvalue weighted by Gasteiger charge is -2.18. The second-order valence-corrected chi connectivity index (χ2v) is 5.55. The highest BCUT2D eigenvalue weighted by Crippen LogP contribution is 2.23. The van der Waals surface area contributed by atoms with E-state index in [0.29, 0.717) is 5.75 Å². The van der Waals surface area contributed by atoms with Crippen LogP contribution in [0.1, 0.15) is 22.3 Å². The van der Waals surface area contributed by atoms with E-state index >= 15 is 0 Å². The molecule has 106 valence electrons. The van der Waals surface area contributed by atoms with Crippen LogP contribution in [0.3, 0.4) is 0 Å². The highest BCUT2D eigenvalue weighted by Gasteiger charge is 2.06. The highest BCUT2D eigenvalue weighted by molar-refractivity contribution is 5.42. The van der Waals surface area contributed by atoms with Gasteiger partial charge in [-0.25, -0.2) is 0 Å². The van der Waals surface area contributed by atoms with Crippen molar-refractivity contribution in [1.29, 1.82) is 0 Å². The molecule has 2 heteroatoms. The Morgan fingerprint density at radius 3 is 2.15 bits per heavy atom. The second-order valence-electron chi connectivity index (χ2n) is 5.55. The fraction of sp³-hybridized carbons (Fsp3) is 0.333. The van der Waals surface area contributed by atoms with Crippen LogP contribution in [0.5, 0.6) is 5.75 Å². The minimum absolute atomic E-state index is 0.417. The Labute approximate surface area is 121 Å². The van der Waals surface area contributed by atoms with Gasteiger partial charge >= 0.3 is 0 Å². The Morgan fingerprint density at radius 2 is 1.55 bits per heavy atom. The molecule has 2 nitrogen and oxygen atoms in total. The van der Waals surface area contributed by atoms with Crippen molar-refractivity contribution in [2.24, 2.45) is 0 Å². The second kappa shape index (κ2) is 6.58. The third kappa shape index (κ3) is 3.84. The fourth-order valence-electron chi connectivity index (χ4n) is 2.49. The van der Waals surface area contributed by atoms with E-state index in [4.69, 9.17) is 0 Å².